The summed E-state index contributed by atoms with van der Waals surface area (Å²) in [7, 11) is 0. The van der Waals surface area contributed by atoms with Gasteiger partial charge in [0.1, 0.15) is 5.75 Å². The summed E-state index contributed by atoms with van der Waals surface area (Å²) < 4.78 is 5.41. The highest BCUT2D eigenvalue weighted by atomic mass is 16.5. The number of pyridine rings is 1. The number of aromatic nitrogens is 1. The molecule has 2 aromatic rings. The maximum absolute atomic E-state index is 10.9. The Morgan fingerprint density at radius 1 is 1.47 bits per heavy atom. The number of rotatable bonds is 4. The van der Waals surface area contributed by atoms with Crippen LogP contribution in [0.2, 0.25) is 0 Å². The predicted octanol–water partition coefficient (Wildman–Crippen LogP) is 2.48. The van der Waals surface area contributed by atoms with Crippen molar-refractivity contribution in [3.8, 4) is 5.75 Å². The summed E-state index contributed by atoms with van der Waals surface area (Å²) in [5.41, 5.74) is 0.864. The van der Waals surface area contributed by atoms with Gasteiger partial charge in [0.05, 0.1) is 5.52 Å². The van der Waals surface area contributed by atoms with E-state index in [1.54, 1.807) is 25.3 Å². The first-order valence-corrected chi connectivity index (χ1v) is 5.45. The van der Waals surface area contributed by atoms with Gasteiger partial charge in [0, 0.05) is 11.6 Å². The van der Waals surface area contributed by atoms with Crippen LogP contribution in [0.3, 0.4) is 0 Å². The summed E-state index contributed by atoms with van der Waals surface area (Å²) in [5, 5.41) is 9.85. The Hall–Kier alpha value is -2.10. The normalized spacial score (nSPS) is 12.3. The van der Waals surface area contributed by atoms with Gasteiger partial charge in [-0.1, -0.05) is 13.0 Å². The van der Waals surface area contributed by atoms with Gasteiger partial charge in [-0.25, -0.2) is 4.79 Å². The van der Waals surface area contributed by atoms with E-state index in [0.717, 1.165) is 10.9 Å². The summed E-state index contributed by atoms with van der Waals surface area (Å²) in [5.74, 6) is -0.390. The minimum absolute atomic E-state index is 0.431. The highest BCUT2D eigenvalue weighted by molar-refractivity contribution is 5.80. The molecule has 1 atom stereocenters. The van der Waals surface area contributed by atoms with Crippen molar-refractivity contribution in [1.29, 1.82) is 0 Å². The highest BCUT2D eigenvalue weighted by Crippen LogP contribution is 2.20. The van der Waals surface area contributed by atoms with Gasteiger partial charge in [-0.3, -0.25) is 4.98 Å². The van der Waals surface area contributed by atoms with E-state index in [1.807, 2.05) is 18.2 Å². The summed E-state index contributed by atoms with van der Waals surface area (Å²) in [6, 6.07) is 9.10. The molecule has 17 heavy (non-hydrogen) atoms. The van der Waals surface area contributed by atoms with Gasteiger partial charge in [0.15, 0.2) is 6.10 Å². The lowest BCUT2D eigenvalue weighted by Gasteiger charge is -2.13. The molecule has 0 saturated heterocycles. The van der Waals surface area contributed by atoms with Crippen LogP contribution < -0.4 is 4.74 Å². The zero-order chi connectivity index (χ0) is 12.3. The zero-order valence-electron chi connectivity index (χ0n) is 9.46. The second kappa shape index (κ2) is 4.82. The quantitative estimate of drug-likeness (QED) is 0.878. The Morgan fingerprint density at radius 3 is 3.00 bits per heavy atom. The van der Waals surface area contributed by atoms with Crippen LogP contribution in [0.25, 0.3) is 10.9 Å². The molecular weight excluding hydrogens is 218 g/mol. The first kappa shape index (κ1) is 11.4. The number of aliphatic carboxylic acids is 1. The second-order valence-electron chi connectivity index (χ2n) is 3.71. The fourth-order valence-electron chi connectivity index (χ4n) is 1.60. The summed E-state index contributed by atoms with van der Waals surface area (Å²) in [6.45, 7) is 1.78. The Morgan fingerprint density at radius 2 is 2.29 bits per heavy atom. The fraction of sp³-hybridized carbons (Fsp3) is 0.231. The molecule has 1 aromatic heterocycles. The van der Waals surface area contributed by atoms with E-state index >= 15 is 0 Å². The van der Waals surface area contributed by atoms with Crippen molar-refractivity contribution in [3.05, 3.63) is 36.5 Å². The van der Waals surface area contributed by atoms with E-state index in [9.17, 15) is 4.79 Å². The SMILES string of the molecule is CCC(Oc1ccc2ncccc2c1)C(=O)O. The van der Waals surface area contributed by atoms with Crippen LogP contribution >= 0.6 is 0 Å². The first-order chi connectivity index (χ1) is 8.20. The number of carbonyl (C=O) groups is 1. The highest BCUT2D eigenvalue weighted by Gasteiger charge is 2.16. The van der Waals surface area contributed by atoms with Crippen molar-refractivity contribution in [2.24, 2.45) is 0 Å². The van der Waals surface area contributed by atoms with Gasteiger partial charge in [0.25, 0.3) is 0 Å². The molecule has 0 saturated carbocycles. The van der Waals surface area contributed by atoms with Gasteiger partial charge in [0.2, 0.25) is 0 Å². The van der Waals surface area contributed by atoms with Gasteiger partial charge < -0.3 is 9.84 Å². The number of hydrogen-bond acceptors (Lipinski definition) is 3. The molecule has 2 rings (SSSR count). The number of ether oxygens (including phenoxy) is 1. The van der Waals surface area contributed by atoms with Gasteiger partial charge in [-0.2, -0.15) is 0 Å². The van der Waals surface area contributed by atoms with Crippen LogP contribution in [0, 0.1) is 0 Å². The van der Waals surface area contributed by atoms with Crippen molar-refractivity contribution in [2.75, 3.05) is 0 Å². The standard InChI is InChI=1S/C13H13NO3/c1-2-12(13(15)16)17-10-5-6-11-9(8-10)4-3-7-14-11/h3-8,12H,2H2,1H3,(H,15,16). The Labute approximate surface area is 98.9 Å². The molecule has 0 bridgehead atoms. The minimum Gasteiger partial charge on any atom is -0.479 e. The molecule has 4 heteroatoms. The molecule has 0 radical (unpaired) electrons. The summed E-state index contributed by atoms with van der Waals surface area (Å²) >= 11 is 0. The third kappa shape index (κ3) is 2.53. The molecule has 0 amide bonds. The average molecular weight is 231 g/mol. The van der Waals surface area contributed by atoms with E-state index in [-0.39, 0.29) is 0 Å². The molecule has 0 spiro atoms. The summed E-state index contributed by atoms with van der Waals surface area (Å²) in [4.78, 5) is 15.0. The molecule has 0 aliphatic rings. The molecule has 88 valence electrons. The van der Waals surface area contributed by atoms with Crippen molar-refractivity contribution in [1.82, 2.24) is 4.98 Å². The zero-order valence-corrected chi connectivity index (χ0v) is 9.46. The van der Waals surface area contributed by atoms with Crippen LogP contribution in [-0.4, -0.2) is 22.2 Å². The molecule has 0 aliphatic carbocycles. The topological polar surface area (TPSA) is 59.4 Å². The van der Waals surface area contributed by atoms with Crippen LogP contribution in [-0.2, 0) is 4.79 Å². The monoisotopic (exact) mass is 231 g/mol. The maximum atomic E-state index is 10.9. The van der Waals surface area contributed by atoms with Crippen LogP contribution in [0.4, 0.5) is 0 Å². The third-order valence-electron chi connectivity index (χ3n) is 2.50. The lowest BCUT2D eigenvalue weighted by Crippen LogP contribution is -2.25. The number of nitrogens with zero attached hydrogens (tertiary/aromatic N) is 1. The minimum atomic E-state index is -0.946. The molecule has 4 nitrogen and oxygen atoms in total. The first-order valence-electron chi connectivity index (χ1n) is 5.45. The molecule has 1 N–H and O–H groups in total. The second-order valence-corrected chi connectivity index (χ2v) is 3.71. The van der Waals surface area contributed by atoms with Crippen molar-refractivity contribution < 1.29 is 14.6 Å². The van der Waals surface area contributed by atoms with E-state index in [0.29, 0.717) is 12.2 Å². The Bertz CT molecular complexity index is 539. The molecule has 0 aliphatic heterocycles. The number of benzene rings is 1. The average Bonchev–Trinajstić information content (AvgIpc) is 2.35. The smallest absolute Gasteiger partial charge is 0.344 e. The number of fused-ring (bicyclic) bond motifs is 1. The number of carboxylic acid groups (broad SMARTS) is 1. The van der Waals surface area contributed by atoms with Crippen LogP contribution in [0.1, 0.15) is 13.3 Å². The van der Waals surface area contributed by atoms with Crippen molar-refractivity contribution in [3.63, 3.8) is 0 Å². The third-order valence-corrected chi connectivity index (χ3v) is 2.50. The largest absolute Gasteiger partial charge is 0.479 e. The van der Waals surface area contributed by atoms with E-state index in [1.165, 1.54) is 0 Å². The molecule has 1 aromatic carbocycles. The molecular formula is C13H13NO3. The van der Waals surface area contributed by atoms with Gasteiger partial charge in [-0.05, 0) is 30.7 Å². The van der Waals surface area contributed by atoms with E-state index < -0.39 is 12.1 Å². The molecule has 0 fully saturated rings. The number of hydrogen-bond donors (Lipinski definition) is 1. The van der Waals surface area contributed by atoms with Crippen LogP contribution in [0.15, 0.2) is 36.5 Å². The van der Waals surface area contributed by atoms with Crippen molar-refractivity contribution >= 4 is 16.9 Å². The maximum Gasteiger partial charge on any atom is 0.344 e. The predicted molar refractivity (Wildman–Crippen MR) is 64.1 cm³/mol. The fourth-order valence-corrected chi connectivity index (χ4v) is 1.60. The van der Waals surface area contributed by atoms with Gasteiger partial charge >= 0.3 is 5.97 Å². The number of carboxylic acids is 1. The lowest BCUT2D eigenvalue weighted by molar-refractivity contribution is -0.145. The van der Waals surface area contributed by atoms with Gasteiger partial charge in [-0.15, -0.1) is 0 Å². The molecule has 1 unspecified atom stereocenters. The van der Waals surface area contributed by atoms with E-state index in [4.69, 9.17) is 9.84 Å². The molecule has 1 heterocycles. The Balaban J connectivity index is 2.27. The summed E-state index contributed by atoms with van der Waals surface area (Å²) in [6.07, 6.45) is 1.35. The van der Waals surface area contributed by atoms with Crippen LogP contribution in [0.5, 0.6) is 5.75 Å². The van der Waals surface area contributed by atoms with Crippen molar-refractivity contribution in [2.45, 2.75) is 19.4 Å². The Kier molecular flexibility index (Phi) is 3.23. The van der Waals surface area contributed by atoms with E-state index in [2.05, 4.69) is 4.98 Å². The lowest BCUT2D eigenvalue weighted by atomic mass is 10.2.